The van der Waals surface area contributed by atoms with Crippen LogP contribution in [0.15, 0.2) is 80.9 Å². The molecule has 0 fully saturated rings. The molecule has 0 spiro atoms. The van der Waals surface area contributed by atoms with Gasteiger partial charge in [-0.2, -0.15) is 0 Å². The Hall–Kier alpha value is -3.95. The summed E-state index contributed by atoms with van der Waals surface area (Å²) in [6.45, 7) is 3.97. The molecule has 1 amide bonds. The summed E-state index contributed by atoms with van der Waals surface area (Å²) in [5, 5.41) is 12.2. The van der Waals surface area contributed by atoms with Crippen molar-refractivity contribution in [2.45, 2.75) is 19.9 Å². The van der Waals surface area contributed by atoms with Crippen molar-refractivity contribution in [2.75, 3.05) is 12.0 Å². The van der Waals surface area contributed by atoms with Crippen LogP contribution in [0.5, 0.6) is 5.75 Å². The third-order valence-corrected chi connectivity index (χ3v) is 8.15. The molecular weight excluding hydrogens is 568 g/mol. The molecule has 3 aromatic carbocycles. The highest BCUT2D eigenvalue weighted by Crippen LogP contribution is 2.45. The molecule has 1 aliphatic heterocycles. The lowest BCUT2D eigenvalue weighted by Gasteiger charge is -2.24. The Morgan fingerprint density at radius 3 is 2.63 bits per heavy atom. The lowest BCUT2D eigenvalue weighted by molar-refractivity contribution is -0.117. The van der Waals surface area contributed by atoms with Gasteiger partial charge in [-0.3, -0.25) is 14.5 Å². The van der Waals surface area contributed by atoms with E-state index in [1.54, 1.807) is 24.3 Å². The molecule has 190 valence electrons. The van der Waals surface area contributed by atoms with Crippen LogP contribution in [0.3, 0.4) is 0 Å². The van der Waals surface area contributed by atoms with Crippen molar-refractivity contribution in [1.29, 1.82) is 0 Å². The highest BCUT2D eigenvalue weighted by Gasteiger charge is 2.46. The van der Waals surface area contributed by atoms with Gasteiger partial charge in [0.25, 0.3) is 5.91 Å². The number of nitrogens with zero attached hydrogens (tertiary/aromatic N) is 2. The number of Topliss-reactive ketones (excluding diaryl/α,β-unsaturated/α-hetero) is 1. The second kappa shape index (κ2) is 9.11. The van der Waals surface area contributed by atoms with Gasteiger partial charge in [0.15, 0.2) is 28.0 Å². The van der Waals surface area contributed by atoms with Gasteiger partial charge < -0.3 is 14.3 Å². The van der Waals surface area contributed by atoms with Crippen LogP contribution in [-0.2, 0) is 4.79 Å². The highest BCUT2D eigenvalue weighted by molar-refractivity contribution is 9.10. The summed E-state index contributed by atoms with van der Waals surface area (Å²) in [6.07, 6.45) is 0. The molecular formula is C29H21BrN2O5S. The van der Waals surface area contributed by atoms with Crippen molar-refractivity contribution in [3.8, 4) is 5.75 Å². The number of amides is 1. The van der Waals surface area contributed by atoms with Gasteiger partial charge in [0.2, 0.25) is 5.78 Å². The minimum Gasteiger partial charge on any atom is -0.503 e. The summed E-state index contributed by atoms with van der Waals surface area (Å²) >= 11 is 4.79. The smallest absolute Gasteiger partial charge is 0.296 e. The number of fused-ring (bicyclic) bond motifs is 2. The molecule has 1 unspecified atom stereocenters. The van der Waals surface area contributed by atoms with Gasteiger partial charge in [0.1, 0.15) is 0 Å². The number of rotatable bonds is 5. The second-order valence-corrected chi connectivity index (χ2v) is 11.1. The third kappa shape index (κ3) is 3.81. The summed E-state index contributed by atoms with van der Waals surface area (Å²) in [5.41, 5.74) is 3.84. The number of hydrogen-bond donors (Lipinski definition) is 1. The Bertz CT molecular complexity index is 1800. The zero-order valence-electron chi connectivity index (χ0n) is 20.6. The Balaban J connectivity index is 1.52. The fourth-order valence-electron chi connectivity index (χ4n) is 4.90. The van der Waals surface area contributed by atoms with Gasteiger partial charge in [-0.1, -0.05) is 57.6 Å². The molecule has 0 aliphatic carbocycles. The third-order valence-electron chi connectivity index (χ3n) is 6.61. The minimum atomic E-state index is -0.903. The molecule has 6 rings (SSSR count). The van der Waals surface area contributed by atoms with E-state index in [0.717, 1.165) is 25.8 Å². The molecule has 0 saturated heterocycles. The number of furan rings is 1. The number of carbonyl (C=O) groups is 2. The number of aliphatic hydroxyl groups excluding tert-OH is 1. The number of para-hydroxylation sites is 1. The van der Waals surface area contributed by atoms with Crippen LogP contribution in [0.2, 0.25) is 0 Å². The maximum absolute atomic E-state index is 13.9. The molecule has 2 aromatic heterocycles. The number of methoxy groups -OCH3 is 1. The van der Waals surface area contributed by atoms with Crippen LogP contribution in [0, 0.1) is 13.8 Å². The first kappa shape index (κ1) is 24.4. The number of halogens is 1. The summed E-state index contributed by atoms with van der Waals surface area (Å²) < 4.78 is 13.0. The molecule has 7 nitrogen and oxygen atoms in total. The SMILES string of the molecule is COc1cccc2cc(C(=O)C3=C(O)C(=O)N(c4nc5c(C)cc(C)cc5s4)C3c3ccc(Br)cc3)oc12. The lowest BCUT2D eigenvalue weighted by atomic mass is 9.95. The Morgan fingerprint density at radius 1 is 1.13 bits per heavy atom. The topological polar surface area (TPSA) is 92.9 Å². The molecule has 5 aromatic rings. The summed E-state index contributed by atoms with van der Waals surface area (Å²) in [7, 11) is 1.52. The van der Waals surface area contributed by atoms with Crippen LogP contribution in [0.4, 0.5) is 5.13 Å². The predicted octanol–water partition coefficient (Wildman–Crippen LogP) is 7.21. The number of thiazole rings is 1. The van der Waals surface area contributed by atoms with Crippen molar-refractivity contribution < 1.29 is 23.8 Å². The average Bonchev–Trinajstić information content (AvgIpc) is 3.58. The van der Waals surface area contributed by atoms with Crippen molar-refractivity contribution in [3.63, 3.8) is 0 Å². The van der Waals surface area contributed by atoms with Crippen LogP contribution in [-0.4, -0.2) is 28.9 Å². The summed E-state index contributed by atoms with van der Waals surface area (Å²) in [6, 6.07) is 17.3. The fourth-order valence-corrected chi connectivity index (χ4v) is 6.33. The number of aryl methyl sites for hydroxylation is 2. The van der Waals surface area contributed by atoms with Gasteiger partial charge in [-0.05, 0) is 60.9 Å². The predicted molar refractivity (Wildman–Crippen MR) is 150 cm³/mol. The lowest BCUT2D eigenvalue weighted by Crippen LogP contribution is -2.30. The Kier molecular flexibility index (Phi) is 5.85. The number of ketones is 1. The molecule has 0 saturated carbocycles. The van der Waals surface area contributed by atoms with Crippen molar-refractivity contribution in [1.82, 2.24) is 4.98 Å². The van der Waals surface area contributed by atoms with Crippen LogP contribution in [0.25, 0.3) is 21.2 Å². The normalized spacial score (nSPS) is 15.7. The van der Waals surface area contributed by atoms with E-state index in [1.165, 1.54) is 23.3 Å². The van der Waals surface area contributed by atoms with Crippen LogP contribution >= 0.6 is 27.3 Å². The number of anilines is 1. The van der Waals surface area contributed by atoms with E-state index in [9.17, 15) is 14.7 Å². The van der Waals surface area contributed by atoms with E-state index in [4.69, 9.17) is 14.1 Å². The van der Waals surface area contributed by atoms with E-state index >= 15 is 0 Å². The number of benzene rings is 3. The highest BCUT2D eigenvalue weighted by atomic mass is 79.9. The van der Waals surface area contributed by atoms with E-state index in [1.807, 2.05) is 50.2 Å². The van der Waals surface area contributed by atoms with Crippen LogP contribution < -0.4 is 9.64 Å². The first-order chi connectivity index (χ1) is 18.3. The molecule has 1 aliphatic rings. The van der Waals surface area contributed by atoms with Gasteiger partial charge in [0, 0.05) is 9.86 Å². The monoisotopic (exact) mass is 588 g/mol. The molecule has 0 radical (unpaired) electrons. The number of ether oxygens (including phenoxy) is 1. The zero-order valence-corrected chi connectivity index (χ0v) is 23.0. The van der Waals surface area contributed by atoms with E-state index in [0.29, 0.717) is 27.4 Å². The number of aromatic nitrogens is 1. The second-order valence-electron chi connectivity index (χ2n) is 9.13. The fraction of sp³-hybridized carbons (Fsp3) is 0.138. The van der Waals surface area contributed by atoms with Crippen molar-refractivity contribution >= 4 is 65.3 Å². The van der Waals surface area contributed by atoms with Gasteiger partial charge >= 0.3 is 0 Å². The first-order valence-corrected chi connectivity index (χ1v) is 13.4. The largest absolute Gasteiger partial charge is 0.503 e. The maximum Gasteiger partial charge on any atom is 0.296 e. The Morgan fingerprint density at radius 2 is 1.89 bits per heavy atom. The quantitative estimate of drug-likeness (QED) is 0.218. The van der Waals surface area contributed by atoms with Crippen molar-refractivity contribution in [2.24, 2.45) is 0 Å². The minimum absolute atomic E-state index is 0.00131. The van der Waals surface area contributed by atoms with Crippen LogP contribution in [0.1, 0.15) is 33.3 Å². The van der Waals surface area contributed by atoms with E-state index < -0.39 is 23.5 Å². The average molecular weight is 589 g/mol. The number of aliphatic hydroxyl groups is 1. The summed E-state index contributed by atoms with van der Waals surface area (Å²) in [4.78, 5) is 33.6. The summed E-state index contributed by atoms with van der Waals surface area (Å²) in [5.74, 6) is -1.42. The molecule has 0 bridgehead atoms. The molecule has 3 heterocycles. The van der Waals surface area contributed by atoms with Crippen molar-refractivity contribution in [3.05, 3.63) is 98.9 Å². The number of carbonyl (C=O) groups excluding carboxylic acids is 2. The number of hydrogen-bond acceptors (Lipinski definition) is 7. The standard InChI is InChI=1S/C29H21BrN2O5S/c1-14-11-15(2)23-21(12-14)38-29(31-23)32-24(16-7-9-18(30)10-8-16)22(26(34)28(32)35)25(33)20-13-17-5-4-6-19(36-3)27(17)37-20/h4-13,24,34H,1-3H3. The zero-order chi connectivity index (χ0) is 26.7. The Labute approximate surface area is 230 Å². The van der Waals surface area contributed by atoms with E-state index in [-0.39, 0.29) is 11.3 Å². The van der Waals surface area contributed by atoms with Gasteiger partial charge in [-0.25, -0.2) is 4.98 Å². The first-order valence-electron chi connectivity index (χ1n) is 11.8. The van der Waals surface area contributed by atoms with Gasteiger partial charge in [0.05, 0.1) is 28.9 Å². The maximum atomic E-state index is 13.9. The molecule has 1 N–H and O–H groups in total. The van der Waals surface area contributed by atoms with E-state index in [2.05, 4.69) is 15.9 Å². The van der Waals surface area contributed by atoms with Gasteiger partial charge in [-0.15, -0.1) is 0 Å². The molecule has 1 atom stereocenters. The molecule has 38 heavy (non-hydrogen) atoms. The molecule has 9 heteroatoms.